The molecule has 5 rings (SSSR count). The lowest BCUT2D eigenvalue weighted by Crippen LogP contribution is -2.64. The number of hydrogen-bond acceptors (Lipinski definition) is 3. The van der Waals surface area contributed by atoms with Crippen molar-refractivity contribution in [1.29, 1.82) is 0 Å². The van der Waals surface area contributed by atoms with E-state index in [0.717, 1.165) is 44.9 Å². The van der Waals surface area contributed by atoms with Gasteiger partial charge in [-0.25, -0.2) is 0 Å². The molecule has 0 aliphatic heterocycles. The maximum atomic E-state index is 13.9. The minimum Gasteiger partial charge on any atom is -0.462 e. The van der Waals surface area contributed by atoms with E-state index in [1.165, 1.54) is 12.0 Å². The Morgan fingerprint density at radius 3 is 2.61 bits per heavy atom. The van der Waals surface area contributed by atoms with E-state index < -0.39 is 5.41 Å². The zero-order chi connectivity index (χ0) is 21.8. The van der Waals surface area contributed by atoms with E-state index in [4.69, 9.17) is 4.74 Å². The van der Waals surface area contributed by atoms with Crippen molar-refractivity contribution in [3.63, 3.8) is 0 Å². The third-order valence-corrected chi connectivity index (χ3v) is 9.71. The van der Waals surface area contributed by atoms with Gasteiger partial charge in [0.1, 0.15) is 11.9 Å². The molecule has 4 aliphatic carbocycles. The normalized spacial score (nSPS) is 39.9. The van der Waals surface area contributed by atoms with Crippen LogP contribution in [0.2, 0.25) is 0 Å². The van der Waals surface area contributed by atoms with Crippen LogP contribution in [0, 0.1) is 35.0 Å². The summed E-state index contributed by atoms with van der Waals surface area (Å²) in [5, 5.41) is 0. The van der Waals surface area contributed by atoms with Crippen LogP contribution >= 0.6 is 0 Å². The molecule has 4 aliphatic rings. The number of benzene rings is 1. The highest BCUT2D eigenvalue weighted by molar-refractivity contribution is 5.93. The second kappa shape index (κ2) is 7.74. The Morgan fingerprint density at radius 2 is 1.84 bits per heavy atom. The standard InChI is InChI=1S/C28H38O3/c1-18-14-15-22(27(2,3)19-9-5-4-6-10-19)24(17-18)31-26(30)28-16-8-13-23(29)25(28)20-11-7-12-21(20)28/h4-6,9-10,18,20-22,24-25H,7-8,11-17H2,1-3H3/t18-,20+,21-,22-,24-,25-,28+/m1/s1. The summed E-state index contributed by atoms with van der Waals surface area (Å²) in [5.41, 5.74) is 0.763. The monoisotopic (exact) mass is 422 g/mol. The summed E-state index contributed by atoms with van der Waals surface area (Å²) >= 11 is 0. The molecule has 3 nitrogen and oxygen atoms in total. The predicted octanol–water partition coefficient (Wildman–Crippen LogP) is 6.10. The van der Waals surface area contributed by atoms with Gasteiger partial charge in [0, 0.05) is 18.3 Å². The van der Waals surface area contributed by atoms with E-state index in [0.29, 0.717) is 35.9 Å². The SMILES string of the molecule is C[C@@H]1CC[C@@H](C(C)(C)c2ccccc2)[C@H](OC(=O)[C@]23CCCC(=O)[C@H]2[C@H]2CCC[C@H]23)C1. The number of fused-ring (bicyclic) bond motifs is 4. The number of rotatable bonds is 4. The summed E-state index contributed by atoms with van der Waals surface area (Å²) < 4.78 is 6.51. The van der Waals surface area contributed by atoms with Crippen LogP contribution in [0.15, 0.2) is 30.3 Å². The molecule has 7 atom stereocenters. The largest absolute Gasteiger partial charge is 0.462 e. The van der Waals surface area contributed by atoms with Gasteiger partial charge in [-0.3, -0.25) is 9.59 Å². The van der Waals surface area contributed by atoms with Gasteiger partial charge >= 0.3 is 5.97 Å². The van der Waals surface area contributed by atoms with Crippen molar-refractivity contribution < 1.29 is 14.3 Å². The molecule has 4 saturated carbocycles. The van der Waals surface area contributed by atoms with Crippen LogP contribution in [0.25, 0.3) is 0 Å². The summed E-state index contributed by atoms with van der Waals surface area (Å²) in [6, 6.07) is 10.7. The van der Waals surface area contributed by atoms with Crippen LogP contribution in [0.5, 0.6) is 0 Å². The zero-order valence-electron chi connectivity index (χ0n) is 19.4. The number of ether oxygens (including phenoxy) is 1. The molecule has 1 aromatic carbocycles. The van der Waals surface area contributed by atoms with Crippen molar-refractivity contribution in [2.75, 3.05) is 0 Å². The van der Waals surface area contributed by atoms with Gasteiger partial charge in [-0.1, -0.05) is 63.9 Å². The van der Waals surface area contributed by atoms with Crippen LogP contribution < -0.4 is 0 Å². The molecule has 0 N–H and O–H groups in total. The quantitative estimate of drug-likeness (QED) is 0.551. The number of carbonyl (C=O) groups is 2. The summed E-state index contributed by atoms with van der Waals surface area (Å²) in [4.78, 5) is 26.7. The van der Waals surface area contributed by atoms with Crippen LogP contribution in [0.1, 0.15) is 84.1 Å². The molecule has 0 saturated heterocycles. The maximum absolute atomic E-state index is 13.9. The first-order chi connectivity index (χ1) is 14.9. The number of esters is 1. The summed E-state index contributed by atoms with van der Waals surface area (Å²) in [6.07, 6.45) is 8.92. The first kappa shape index (κ1) is 21.2. The average molecular weight is 423 g/mol. The summed E-state index contributed by atoms with van der Waals surface area (Å²) in [6.45, 7) is 6.91. The highest BCUT2D eigenvalue weighted by Crippen LogP contribution is 2.68. The van der Waals surface area contributed by atoms with Crippen molar-refractivity contribution in [3.05, 3.63) is 35.9 Å². The van der Waals surface area contributed by atoms with Gasteiger partial charge in [-0.15, -0.1) is 0 Å². The summed E-state index contributed by atoms with van der Waals surface area (Å²) in [5.74, 6) is 1.97. The average Bonchev–Trinajstić information content (AvgIpc) is 3.16. The first-order valence-electron chi connectivity index (χ1n) is 12.6. The van der Waals surface area contributed by atoms with Gasteiger partial charge in [0.25, 0.3) is 0 Å². The van der Waals surface area contributed by atoms with Gasteiger partial charge in [-0.05, 0) is 67.3 Å². The number of hydrogen-bond donors (Lipinski definition) is 0. The molecule has 3 heteroatoms. The lowest BCUT2D eigenvalue weighted by atomic mass is 9.43. The van der Waals surface area contributed by atoms with E-state index in [-0.39, 0.29) is 23.4 Å². The highest BCUT2D eigenvalue weighted by atomic mass is 16.5. The van der Waals surface area contributed by atoms with Crippen LogP contribution in [0.3, 0.4) is 0 Å². The minimum atomic E-state index is -0.501. The smallest absolute Gasteiger partial charge is 0.313 e. The molecule has 0 unspecified atom stereocenters. The number of carbonyl (C=O) groups excluding carboxylic acids is 2. The molecule has 0 amide bonds. The molecule has 1 aromatic rings. The van der Waals surface area contributed by atoms with Crippen molar-refractivity contribution in [2.45, 2.75) is 90.1 Å². The van der Waals surface area contributed by atoms with E-state index in [2.05, 4.69) is 51.1 Å². The number of ketones is 1. The fraction of sp³-hybridized carbons (Fsp3) is 0.714. The Hall–Kier alpha value is -1.64. The van der Waals surface area contributed by atoms with Crippen LogP contribution in [0.4, 0.5) is 0 Å². The third-order valence-electron chi connectivity index (χ3n) is 9.71. The molecule has 0 spiro atoms. The Morgan fingerprint density at radius 1 is 1.06 bits per heavy atom. The zero-order valence-corrected chi connectivity index (χ0v) is 19.4. The lowest BCUT2D eigenvalue weighted by molar-refractivity contribution is -0.207. The van der Waals surface area contributed by atoms with Crippen molar-refractivity contribution in [1.82, 2.24) is 0 Å². The fourth-order valence-corrected chi connectivity index (χ4v) is 8.09. The first-order valence-corrected chi connectivity index (χ1v) is 12.6. The van der Waals surface area contributed by atoms with Gasteiger partial charge in [0.2, 0.25) is 0 Å². The van der Waals surface area contributed by atoms with Gasteiger partial charge in [0.15, 0.2) is 0 Å². The van der Waals surface area contributed by atoms with Crippen molar-refractivity contribution in [2.24, 2.45) is 35.0 Å². The van der Waals surface area contributed by atoms with Crippen molar-refractivity contribution in [3.8, 4) is 0 Å². The van der Waals surface area contributed by atoms with E-state index in [9.17, 15) is 9.59 Å². The Kier molecular flexibility index (Phi) is 5.30. The van der Waals surface area contributed by atoms with E-state index in [1.807, 2.05) is 0 Å². The number of Topliss-reactive ketones (excluding diaryl/α,β-unsaturated/α-hetero) is 1. The van der Waals surface area contributed by atoms with Gasteiger partial charge < -0.3 is 4.74 Å². The van der Waals surface area contributed by atoms with Gasteiger partial charge in [-0.2, -0.15) is 0 Å². The van der Waals surface area contributed by atoms with Crippen LogP contribution in [-0.2, 0) is 19.7 Å². The predicted molar refractivity (Wildman–Crippen MR) is 121 cm³/mol. The van der Waals surface area contributed by atoms with Gasteiger partial charge in [0.05, 0.1) is 5.41 Å². The molecule has 4 fully saturated rings. The molecule has 0 aromatic heterocycles. The Bertz CT molecular complexity index is 843. The summed E-state index contributed by atoms with van der Waals surface area (Å²) in [7, 11) is 0. The molecule has 0 bridgehead atoms. The topological polar surface area (TPSA) is 43.4 Å². The third kappa shape index (κ3) is 3.21. The second-order valence-corrected chi connectivity index (χ2v) is 11.6. The molecule has 31 heavy (non-hydrogen) atoms. The molecule has 168 valence electrons. The van der Waals surface area contributed by atoms with E-state index >= 15 is 0 Å². The molecule has 0 radical (unpaired) electrons. The fourth-order valence-electron chi connectivity index (χ4n) is 8.09. The maximum Gasteiger partial charge on any atom is 0.313 e. The minimum absolute atomic E-state index is 0.0262. The van der Waals surface area contributed by atoms with Crippen molar-refractivity contribution >= 4 is 11.8 Å². The Balaban J connectivity index is 1.41. The molecular weight excluding hydrogens is 384 g/mol. The second-order valence-electron chi connectivity index (χ2n) is 11.6. The molecular formula is C28H38O3. The molecule has 0 heterocycles. The highest BCUT2D eigenvalue weighted by Gasteiger charge is 2.70. The Labute approximate surface area is 187 Å². The van der Waals surface area contributed by atoms with E-state index in [1.54, 1.807) is 0 Å². The lowest BCUT2D eigenvalue weighted by Gasteiger charge is -2.59. The van der Waals surface area contributed by atoms with Crippen LogP contribution in [-0.4, -0.2) is 17.9 Å².